The van der Waals surface area contributed by atoms with Crippen molar-refractivity contribution in [2.75, 3.05) is 6.06 Å². The van der Waals surface area contributed by atoms with E-state index in [2.05, 4.69) is 182 Å². The van der Waals surface area contributed by atoms with E-state index in [0.29, 0.717) is 0 Å². The number of benzene rings is 6. The molecule has 0 nitrogen and oxygen atoms in total. The molecule has 6 rings (SSSR count). The second-order valence-corrected chi connectivity index (χ2v) is 13.8. The van der Waals surface area contributed by atoms with Gasteiger partial charge in [0.05, 0.1) is 7.26 Å². The SMILES string of the molecule is c1ccc([B-](C[P+](c2ccccc2)(c2ccccc2)c2ccccc2)(c2ccccc2)c2ccccc2)cc1. The Hall–Kier alpha value is -4.19. The van der Waals surface area contributed by atoms with E-state index in [-0.39, 0.29) is 0 Å². The van der Waals surface area contributed by atoms with Crippen molar-refractivity contribution in [3.05, 3.63) is 182 Å². The molecule has 0 aromatic heterocycles. The van der Waals surface area contributed by atoms with Crippen LogP contribution >= 0.6 is 7.26 Å². The van der Waals surface area contributed by atoms with Crippen LogP contribution in [0.2, 0.25) is 0 Å². The van der Waals surface area contributed by atoms with Gasteiger partial charge in [-0.05, 0) is 42.5 Å². The van der Waals surface area contributed by atoms with Crippen LogP contribution in [0, 0.1) is 0 Å². The fourth-order valence-corrected chi connectivity index (χ4v) is 11.5. The molecule has 0 radical (unpaired) electrons. The third-order valence-electron chi connectivity index (χ3n) is 8.24. The fraction of sp³-hybridized carbons (Fsp3) is 0.0270. The van der Waals surface area contributed by atoms with E-state index in [1.807, 2.05) is 0 Å². The standard InChI is InChI=1S/C37H32BP/c1-7-19-32(20-8-1)38(33-21-9-2-10-22-33,34-23-11-3-12-24-34)31-39(35-25-13-4-14-26-35,36-27-15-5-16-28-36)37-29-17-6-18-30-37/h1-30H,31H2. The van der Waals surface area contributed by atoms with Crippen LogP contribution in [0.15, 0.2) is 182 Å². The zero-order valence-electron chi connectivity index (χ0n) is 22.1. The Balaban J connectivity index is 1.76. The van der Waals surface area contributed by atoms with Crippen LogP contribution in [0.3, 0.4) is 0 Å². The van der Waals surface area contributed by atoms with Crippen molar-refractivity contribution in [2.24, 2.45) is 0 Å². The summed E-state index contributed by atoms with van der Waals surface area (Å²) >= 11 is 0. The Bertz CT molecular complexity index is 1270. The molecule has 0 unspecified atom stereocenters. The molecule has 0 N–H and O–H groups in total. The van der Waals surface area contributed by atoms with Crippen molar-refractivity contribution in [1.82, 2.24) is 0 Å². The zero-order valence-corrected chi connectivity index (χ0v) is 22.9. The van der Waals surface area contributed by atoms with E-state index in [0.717, 1.165) is 6.06 Å². The van der Waals surface area contributed by atoms with Crippen molar-refractivity contribution in [3.63, 3.8) is 0 Å². The van der Waals surface area contributed by atoms with Crippen LogP contribution in [0.1, 0.15) is 0 Å². The lowest BCUT2D eigenvalue weighted by Gasteiger charge is -2.46. The van der Waals surface area contributed by atoms with E-state index in [1.54, 1.807) is 0 Å². The van der Waals surface area contributed by atoms with Crippen LogP contribution in [-0.4, -0.2) is 12.2 Å². The highest BCUT2D eigenvalue weighted by molar-refractivity contribution is 7.97. The van der Waals surface area contributed by atoms with Crippen molar-refractivity contribution < 1.29 is 0 Å². The van der Waals surface area contributed by atoms with Crippen molar-refractivity contribution in [1.29, 1.82) is 0 Å². The van der Waals surface area contributed by atoms with E-state index < -0.39 is 13.4 Å². The molecule has 6 aromatic rings. The van der Waals surface area contributed by atoms with Crippen molar-refractivity contribution in [2.45, 2.75) is 0 Å². The largest absolute Gasteiger partial charge is 0.196 e. The van der Waals surface area contributed by atoms with Gasteiger partial charge in [0, 0.05) is 0 Å². The molecule has 2 heteroatoms. The lowest BCUT2D eigenvalue weighted by molar-refractivity contribution is 1.63. The maximum absolute atomic E-state index is 2.36. The first-order valence-electron chi connectivity index (χ1n) is 13.7. The lowest BCUT2D eigenvalue weighted by Crippen LogP contribution is -2.71. The first kappa shape index (κ1) is 25.1. The first-order valence-corrected chi connectivity index (χ1v) is 15.7. The van der Waals surface area contributed by atoms with E-state index >= 15 is 0 Å². The highest BCUT2D eigenvalue weighted by Crippen LogP contribution is 2.56. The van der Waals surface area contributed by atoms with Crippen LogP contribution < -0.4 is 32.3 Å². The zero-order chi connectivity index (χ0) is 26.4. The molecule has 0 atom stereocenters. The van der Waals surface area contributed by atoms with Gasteiger partial charge in [-0.2, -0.15) is 16.4 Å². The summed E-state index contributed by atoms with van der Waals surface area (Å²) in [5.41, 5.74) is 4.13. The summed E-state index contributed by atoms with van der Waals surface area (Å²) in [6.07, 6.45) is -1.36. The quantitative estimate of drug-likeness (QED) is 0.180. The second-order valence-electron chi connectivity index (χ2n) is 10.3. The minimum Gasteiger partial charge on any atom is -0.196 e. The third kappa shape index (κ3) is 4.65. The summed E-state index contributed by atoms with van der Waals surface area (Å²) in [6.45, 7) is 0. The monoisotopic (exact) mass is 518 g/mol. The van der Waals surface area contributed by atoms with Gasteiger partial charge in [0.2, 0.25) is 0 Å². The molecule has 0 amide bonds. The average Bonchev–Trinajstić information content (AvgIpc) is 3.04. The van der Waals surface area contributed by atoms with Crippen LogP contribution in [-0.2, 0) is 0 Å². The van der Waals surface area contributed by atoms with E-state index in [1.165, 1.54) is 32.3 Å². The Morgan fingerprint density at radius 2 is 0.538 bits per heavy atom. The number of hydrogen-bond acceptors (Lipinski definition) is 0. The molecule has 0 saturated heterocycles. The average molecular weight is 518 g/mol. The Morgan fingerprint density at radius 3 is 0.795 bits per heavy atom. The van der Waals surface area contributed by atoms with Crippen LogP contribution in [0.25, 0.3) is 0 Å². The fourth-order valence-electron chi connectivity index (χ4n) is 6.46. The first-order chi connectivity index (χ1) is 19.3. The maximum Gasteiger partial charge on any atom is 0.121 e. The molecule has 0 bridgehead atoms. The second kappa shape index (κ2) is 11.3. The van der Waals surface area contributed by atoms with E-state index in [4.69, 9.17) is 0 Å². The maximum atomic E-state index is 2.36. The molecule has 6 aromatic carbocycles. The van der Waals surface area contributed by atoms with Crippen LogP contribution in [0.5, 0.6) is 0 Å². The summed E-state index contributed by atoms with van der Waals surface area (Å²) < 4.78 is 0. The number of rotatable bonds is 8. The van der Waals surface area contributed by atoms with Crippen molar-refractivity contribution >= 4 is 45.7 Å². The summed E-state index contributed by atoms with van der Waals surface area (Å²) in [6, 6.07) is 68.4. The van der Waals surface area contributed by atoms with Gasteiger partial charge in [-0.3, -0.25) is 0 Å². The molecule has 0 heterocycles. The highest BCUT2D eigenvalue weighted by Gasteiger charge is 2.49. The minimum absolute atomic E-state index is 0.989. The lowest BCUT2D eigenvalue weighted by atomic mass is 9.17. The molecule has 0 fully saturated rings. The Kier molecular flexibility index (Phi) is 7.26. The van der Waals surface area contributed by atoms with Gasteiger partial charge in [0.15, 0.2) is 0 Å². The molecule has 0 aliphatic heterocycles. The molecule has 39 heavy (non-hydrogen) atoms. The third-order valence-corrected chi connectivity index (χ3v) is 12.9. The van der Waals surface area contributed by atoms with Gasteiger partial charge >= 0.3 is 0 Å². The predicted octanol–water partition coefficient (Wildman–Crippen LogP) is 5.69. The molecular weight excluding hydrogens is 486 g/mol. The molecule has 0 saturated carbocycles. The summed E-state index contributed by atoms with van der Waals surface area (Å²) in [4.78, 5) is 0. The topological polar surface area (TPSA) is 0 Å². The Labute approximate surface area is 233 Å². The van der Waals surface area contributed by atoms with Gasteiger partial charge in [0.1, 0.15) is 22.1 Å². The molecule has 0 aliphatic rings. The normalized spacial score (nSPS) is 11.7. The van der Waals surface area contributed by atoms with Gasteiger partial charge in [0.25, 0.3) is 0 Å². The molecule has 188 valence electrons. The predicted molar refractivity (Wildman–Crippen MR) is 174 cm³/mol. The van der Waals surface area contributed by atoms with Crippen molar-refractivity contribution in [3.8, 4) is 0 Å². The van der Waals surface area contributed by atoms with Gasteiger partial charge in [-0.25, -0.2) is 0 Å². The van der Waals surface area contributed by atoms with Gasteiger partial charge < -0.3 is 0 Å². The summed E-state index contributed by atoms with van der Waals surface area (Å²) in [7, 11) is -2.14. The minimum atomic E-state index is -2.14. The Morgan fingerprint density at radius 1 is 0.308 bits per heavy atom. The van der Waals surface area contributed by atoms with Crippen LogP contribution in [0.4, 0.5) is 0 Å². The molecule has 0 spiro atoms. The van der Waals surface area contributed by atoms with E-state index in [9.17, 15) is 0 Å². The molecular formula is C37H32BP. The highest BCUT2D eigenvalue weighted by atomic mass is 31.2. The van der Waals surface area contributed by atoms with Gasteiger partial charge in [-0.1, -0.05) is 146 Å². The van der Waals surface area contributed by atoms with Gasteiger partial charge in [-0.15, -0.1) is 0 Å². The number of hydrogen-bond donors (Lipinski definition) is 0. The summed E-state index contributed by atoms with van der Waals surface area (Å²) in [5, 5.41) is 4.24. The smallest absolute Gasteiger partial charge is 0.121 e. The molecule has 0 aliphatic carbocycles. The summed E-state index contributed by atoms with van der Waals surface area (Å²) in [5.74, 6) is 0.